The van der Waals surface area contributed by atoms with Gasteiger partial charge in [0.2, 0.25) is 0 Å². The Morgan fingerprint density at radius 1 is 1.23 bits per heavy atom. The van der Waals surface area contributed by atoms with Crippen LogP contribution in [0.2, 0.25) is 0 Å². The van der Waals surface area contributed by atoms with Gasteiger partial charge in [0.15, 0.2) is 6.61 Å². The molecule has 0 atom stereocenters. The lowest BCUT2D eigenvalue weighted by Gasteiger charge is -2.06. The molecular weight excluding hydrogens is 336 g/mol. The van der Waals surface area contributed by atoms with Crippen molar-refractivity contribution < 1.29 is 23.5 Å². The number of ether oxygens (including phenoxy) is 1. The van der Waals surface area contributed by atoms with Crippen LogP contribution >= 0.6 is 0 Å². The van der Waals surface area contributed by atoms with Gasteiger partial charge in [-0.15, -0.1) is 0 Å². The summed E-state index contributed by atoms with van der Waals surface area (Å²) < 4.78 is 12.0. The van der Waals surface area contributed by atoms with Crippen LogP contribution in [0, 0.1) is 6.92 Å². The van der Waals surface area contributed by atoms with Crippen molar-refractivity contribution >= 4 is 28.8 Å². The van der Waals surface area contributed by atoms with E-state index in [0.717, 1.165) is 10.9 Å². The molecular formula is C19H18N2O5. The molecule has 0 bridgehead atoms. The lowest BCUT2D eigenvalue weighted by molar-refractivity contribution is -0.147. The molecule has 7 heteroatoms. The number of imide groups is 1. The van der Waals surface area contributed by atoms with E-state index in [-0.39, 0.29) is 6.42 Å². The Morgan fingerprint density at radius 3 is 2.77 bits per heavy atom. The highest BCUT2D eigenvalue weighted by Crippen LogP contribution is 2.22. The van der Waals surface area contributed by atoms with Gasteiger partial charge in [0, 0.05) is 24.2 Å². The van der Waals surface area contributed by atoms with E-state index in [2.05, 4.69) is 5.32 Å². The van der Waals surface area contributed by atoms with Crippen LogP contribution in [0.25, 0.3) is 11.0 Å². The number of hydrogen-bond donors (Lipinski definition) is 1. The van der Waals surface area contributed by atoms with Gasteiger partial charge in [-0.25, -0.2) is 0 Å². The maximum Gasteiger partial charge on any atom is 0.310 e. The van der Waals surface area contributed by atoms with Crippen LogP contribution in [0.5, 0.6) is 0 Å². The predicted molar refractivity (Wildman–Crippen MR) is 93.5 cm³/mol. The maximum atomic E-state index is 12.0. The number of esters is 1. The molecule has 2 aromatic heterocycles. The first-order chi connectivity index (χ1) is 12.4. The molecule has 0 aliphatic carbocycles. The number of fused-ring (bicyclic) bond motifs is 1. The van der Waals surface area contributed by atoms with Crippen LogP contribution in [0.3, 0.4) is 0 Å². The van der Waals surface area contributed by atoms with Crippen molar-refractivity contribution in [3.8, 4) is 0 Å². The summed E-state index contributed by atoms with van der Waals surface area (Å²) in [6.45, 7) is 1.43. The molecule has 0 spiro atoms. The third-order valence-electron chi connectivity index (χ3n) is 3.94. The van der Waals surface area contributed by atoms with Gasteiger partial charge in [0.1, 0.15) is 11.3 Å². The standard InChI is InChI=1S/C19H18N2O5/c1-12-5-6-14-13(10-25-16(14)8-12)9-18(23)26-11-17(22)20-19(24)15-4-3-7-21(15)2/h3-8,10H,9,11H2,1-2H3,(H,20,22,24). The van der Waals surface area contributed by atoms with Gasteiger partial charge < -0.3 is 13.7 Å². The fourth-order valence-electron chi connectivity index (χ4n) is 2.60. The van der Waals surface area contributed by atoms with Gasteiger partial charge in [-0.3, -0.25) is 19.7 Å². The molecule has 7 nitrogen and oxygen atoms in total. The number of carbonyl (C=O) groups excluding carboxylic acids is 3. The van der Waals surface area contributed by atoms with Crippen molar-refractivity contribution in [1.29, 1.82) is 0 Å². The predicted octanol–water partition coefficient (Wildman–Crippen LogP) is 2.12. The molecule has 134 valence electrons. The molecule has 26 heavy (non-hydrogen) atoms. The minimum Gasteiger partial charge on any atom is -0.464 e. The van der Waals surface area contributed by atoms with Gasteiger partial charge >= 0.3 is 5.97 Å². The monoisotopic (exact) mass is 354 g/mol. The summed E-state index contributed by atoms with van der Waals surface area (Å²) >= 11 is 0. The number of amides is 2. The summed E-state index contributed by atoms with van der Waals surface area (Å²) in [5, 5.41) is 3.01. The van der Waals surface area contributed by atoms with Crippen LogP contribution in [0.15, 0.2) is 47.2 Å². The quantitative estimate of drug-likeness (QED) is 0.709. The summed E-state index contributed by atoms with van der Waals surface area (Å²) in [4.78, 5) is 35.6. The number of carbonyl (C=O) groups is 3. The first-order valence-electron chi connectivity index (χ1n) is 8.02. The van der Waals surface area contributed by atoms with Gasteiger partial charge in [0.05, 0.1) is 12.7 Å². The highest BCUT2D eigenvalue weighted by Gasteiger charge is 2.16. The number of furan rings is 1. The van der Waals surface area contributed by atoms with Crippen LogP contribution in [-0.2, 0) is 27.8 Å². The number of nitrogens with one attached hydrogen (secondary N) is 1. The Balaban J connectivity index is 1.52. The zero-order valence-electron chi connectivity index (χ0n) is 14.4. The second-order valence-electron chi connectivity index (χ2n) is 5.98. The summed E-state index contributed by atoms with van der Waals surface area (Å²) in [5.41, 5.74) is 2.77. The SMILES string of the molecule is Cc1ccc2c(CC(=O)OCC(=O)NC(=O)c3cccn3C)coc2c1. The number of aromatic nitrogens is 1. The fraction of sp³-hybridized carbons (Fsp3) is 0.211. The Hall–Kier alpha value is -3.35. The van der Waals surface area contributed by atoms with E-state index in [0.29, 0.717) is 16.8 Å². The zero-order chi connectivity index (χ0) is 18.7. The lowest BCUT2D eigenvalue weighted by atomic mass is 10.1. The molecule has 0 fully saturated rings. The third-order valence-corrected chi connectivity index (χ3v) is 3.94. The summed E-state index contributed by atoms with van der Waals surface area (Å²) in [5.74, 6) is -1.80. The van der Waals surface area contributed by atoms with Crippen molar-refractivity contribution in [2.24, 2.45) is 7.05 Å². The van der Waals surface area contributed by atoms with E-state index in [9.17, 15) is 14.4 Å². The lowest BCUT2D eigenvalue weighted by Crippen LogP contribution is -2.35. The molecule has 0 aliphatic heterocycles. The van der Waals surface area contributed by atoms with Crippen molar-refractivity contribution in [2.45, 2.75) is 13.3 Å². The van der Waals surface area contributed by atoms with Crippen LogP contribution < -0.4 is 5.32 Å². The molecule has 0 radical (unpaired) electrons. The second-order valence-corrected chi connectivity index (χ2v) is 5.98. The molecule has 0 saturated carbocycles. The topological polar surface area (TPSA) is 90.5 Å². The first kappa shape index (κ1) is 17.5. The van der Waals surface area contributed by atoms with Crippen LogP contribution in [0.4, 0.5) is 0 Å². The summed E-state index contributed by atoms with van der Waals surface area (Å²) in [6, 6.07) is 8.96. The van der Waals surface area contributed by atoms with E-state index < -0.39 is 24.4 Å². The Kier molecular flexibility index (Phi) is 4.88. The average molecular weight is 354 g/mol. The van der Waals surface area contributed by atoms with E-state index >= 15 is 0 Å². The van der Waals surface area contributed by atoms with E-state index in [4.69, 9.17) is 9.15 Å². The molecule has 3 rings (SSSR count). The van der Waals surface area contributed by atoms with Gasteiger partial charge in [-0.1, -0.05) is 12.1 Å². The maximum absolute atomic E-state index is 12.0. The third kappa shape index (κ3) is 3.83. The normalized spacial score (nSPS) is 10.7. The van der Waals surface area contributed by atoms with Gasteiger partial charge in [0.25, 0.3) is 11.8 Å². The van der Waals surface area contributed by atoms with Crippen molar-refractivity contribution in [3.63, 3.8) is 0 Å². The number of hydrogen-bond acceptors (Lipinski definition) is 5. The van der Waals surface area contributed by atoms with E-state index in [1.54, 1.807) is 29.9 Å². The van der Waals surface area contributed by atoms with Crippen LogP contribution in [0.1, 0.15) is 21.6 Å². The molecule has 2 heterocycles. The van der Waals surface area contributed by atoms with Crippen molar-refractivity contribution in [2.75, 3.05) is 6.61 Å². The smallest absolute Gasteiger partial charge is 0.310 e. The van der Waals surface area contributed by atoms with Crippen molar-refractivity contribution in [1.82, 2.24) is 9.88 Å². The van der Waals surface area contributed by atoms with Gasteiger partial charge in [-0.05, 0) is 30.7 Å². The first-order valence-corrected chi connectivity index (χ1v) is 8.02. The largest absolute Gasteiger partial charge is 0.464 e. The van der Waals surface area contributed by atoms with Gasteiger partial charge in [-0.2, -0.15) is 0 Å². The molecule has 1 aromatic carbocycles. The zero-order valence-corrected chi connectivity index (χ0v) is 14.4. The fourth-order valence-corrected chi connectivity index (χ4v) is 2.60. The number of rotatable bonds is 5. The minimum absolute atomic E-state index is 0.0188. The Labute approximate surface area is 149 Å². The number of aryl methyl sites for hydroxylation is 2. The summed E-state index contributed by atoms with van der Waals surface area (Å²) in [7, 11) is 1.69. The van der Waals surface area contributed by atoms with Crippen molar-refractivity contribution in [3.05, 3.63) is 59.6 Å². The molecule has 2 amide bonds. The average Bonchev–Trinajstić information content (AvgIpc) is 3.19. The highest BCUT2D eigenvalue weighted by atomic mass is 16.5. The molecule has 1 N–H and O–H groups in total. The molecule has 0 unspecified atom stereocenters. The highest BCUT2D eigenvalue weighted by molar-refractivity contribution is 6.04. The van der Waals surface area contributed by atoms with E-state index in [1.165, 1.54) is 6.26 Å². The molecule has 0 saturated heterocycles. The number of benzene rings is 1. The van der Waals surface area contributed by atoms with E-state index in [1.807, 2.05) is 25.1 Å². The minimum atomic E-state index is -0.683. The Morgan fingerprint density at radius 2 is 2.04 bits per heavy atom. The second kappa shape index (κ2) is 7.26. The summed E-state index contributed by atoms with van der Waals surface area (Å²) in [6.07, 6.45) is 3.18. The number of nitrogens with zero attached hydrogens (tertiary/aromatic N) is 1. The van der Waals surface area contributed by atoms with Crippen LogP contribution in [-0.4, -0.2) is 29.0 Å². The molecule has 3 aromatic rings. The molecule has 0 aliphatic rings. The Bertz CT molecular complexity index is 983.